The van der Waals surface area contributed by atoms with E-state index in [1.807, 2.05) is 6.92 Å². The summed E-state index contributed by atoms with van der Waals surface area (Å²) in [5.74, 6) is 1.41. The fourth-order valence-electron chi connectivity index (χ4n) is 3.46. The maximum Gasteiger partial charge on any atom is 0.409 e. The Balaban J connectivity index is 0.00000338. The molecule has 2 rings (SSSR count). The highest BCUT2D eigenvalue weighted by Crippen LogP contribution is 2.15. The molecule has 2 aliphatic rings. The fourth-order valence-corrected chi connectivity index (χ4v) is 3.46. The average molecular weight is 481 g/mol. The number of halogens is 1. The number of nitrogens with one attached hydrogen (secondary N) is 1. The largest absolute Gasteiger partial charge is 0.450 e. The molecule has 7 nitrogen and oxygen atoms in total. The van der Waals surface area contributed by atoms with Gasteiger partial charge in [0.2, 0.25) is 0 Å². The van der Waals surface area contributed by atoms with Gasteiger partial charge in [-0.3, -0.25) is 4.99 Å². The number of guanidine groups is 1. The molecule has 1 amide bonds. The van der Waals surface area contributed by atoms with Gasteiger partial charge in [0, 0.05) is 25.7 Å². The summed E-state index contributed by atoms with van der Waals surface area (Å²) in [5, 5.41) is 3.29. The fraction of sp³-hybridized carbons (Fsp3) is 0.889. The van der Waals surface area contributed by atoms with Gasteiger partial charge in [0.25, 0.3) is 0 Å². The minimum atomic E-state index is -0.213. The molecule has 0 unspecified atom stereocenters. The van der Waals surface area contributed by atoms with E-state index in [9.17, 15) is 4.79 Å². The number of aliphatic imine (C=N–C) groups is 1. The Morgan fingerprint density at radius 2 is 1.85 bits per heavy atom. The normalized spacial score (nSPS) is 20.5. The van der Waals surface area contributed by atoms with E-state index < -0.39 is 0 Å². The first-order valence-electron chi connectivity index (χ1n) is 9.79. The lowest BCUT2D eigenvalue weighted by Crippen LogP contribution is -2.48. The topological polar surface area (TPSA) is 83.2 Å². The summed E-state index contributed by atoms with van der Waals surface area (Å²) >= 11 is 0. The summed E-state index contributed by atoms with van der Waals surface area (Å²) < 4.78 is 5.03. The van der Waals surface area contributed by atoms with Crippen molar-refractivity contribution in [3.8, 4) is 0 Å². The van der Waals surface area contributed by atoms with Crippen LogP contribution in [0.25, 0.3) is 0 Å². The van der Waals surface area contributed by atoms with Gasteiger partial charge < -0.3 is 25.6 Å². The third-order valence-corrected chi connectivity index (χ3v) is 5.16. The van der Waals surface area contributed by atoms with E-state index in [2.05, 4.69) is 22.1 Å². The first-order chi connectivity index (χ1) is 12.1. The van der Waals surface area contributed by atoms with E-state index in [1.54, 1.807) is 4.90 Å². The van der Waals surface area contributed by atoms with Gasteiger partial charge in [-0.2, -0.15) is 0 Å². The molecule has 2 fully saturated rings. The molecular weight excluding hydrogens is 445 g/mol. The van der Waals surface area contributed by atoms with Crippen LogP contribution in [0.5, 0.6) is 0 Å². The second kappa shape index (κ2) is 12.6. The van der Waals surface area contributed by atoms with Crippen molar-refractivity contribution in [2.45, 2.75) is 52.0 Å². The summed E-state index contributed by atoms with van der Waals surface area (Å²) in [6, 6.07) is 0.290. The second-order valence-electron chi connectivity index (χ2n) is 7.25. The zero-order chi connectivity index (χ0) is 18.1. The predicted octanol–water partition coefficient (Wildman–Crippen LogP) is 2.25. The standard InChI is InChI=1S/C18H35N5O2.HI/c1-3-25-18(24)23-13-7-16(8-14-23)21-17(19)20-9-4-10-22-11-5-15(2)6-12-22;/h15-16H,3-14H2,1-2H3,(H3,19,20,21);1H. The Kier molecular flexibility index (Phi) is 11.3. The molecule has 0 aromatic carbocycles. The van der Waals surface area contributed by atoms with Crippen LogP contribution in [0.2, 0.25) is 0 Å². The van der Waals surface area contributed by atoms with Gasteiger partial charge in [-0.15, -0.1) is 24.0 Å². The molecule has 0 bridgehead atoms. The highest BCUT2D eigenvalue weighted by molar-refractivity contribution is 14.0. The molecule has 3 N–H and O–H groups in total. The van der Waals surface area contributed by atoms with Crippen LogP contribution in [0.4, 0.5) is 4.79 Å². The zero-order valence-corrected chi connectivity index (χ0v) is 18.6. The van der Waals surface area contributed by atoms with E-state index in [4.69, 9.17) is 10.5 Å². The Bertz CT molecular complexity index is 433. The lowest BCUT2D eigenvalue weighted by molar-refractivity contribution is 0.0963. The molecule has 0 radical (unpaired) electrons. The van der Waals surface area contributed by atoms with Crippen molar-refractivity contribution in [1.29, 1.82) is 0 Å². The molecule has 0 spiro atoms. The van der Waals surface area contributed by atoms with E-state index in [0.717, 1.165) is 38.3 Å². The summed E-state index contributed by atoms with van der Waals surface area (Å²) in [4.78, 5) is 20.4. The van der Waals surface area contributed by atoms with Crippen LogP contribution in [0.1, 0.15) is 46.0 Å². The van der Waals surface area contributed by atoms with Crippen molar-refractivity contribution in [2.75, 3.05) is 45.9 Å². The van der Waals surface area contributed by atoms with Crippen molar-refractivity contribution in [3.63, 3.8) is 0 Å². The minimum Gasteiger partial charge on any atom is -0.450 e. The van der Waals surface area contributed by atoms with Crippen molar-refractivity contribution < 1.29 is 9.53 Å². The number of nitrogens with zero attached hydrogens (tertiary/aromatic N) is 3. The van der Waals surface area contributed by atoms with E-state index in [1.165, 1.54) is 25.9 Å². The summed E-state index contributed by atoms with van der Waals surface area (Å²) in [6.45, 7) is 10.3. The van der Waals surface area contributed by atoms with E-state index >= 15 is 0 Å². The second-order valence-corrected chi connectivity index (χ2v) is 7.25. The summed E-state index contributed by atoms with van der Waals surface area (Å²) in [5.41, 5.74) is 6.00. The average Bonchev–Trinajstić information content (AvgIpc) is 2.61. The number of rotatable bonds is 6. The number of ether oxygens (including phenoxy) is 1. The van der Waals surface area contributed by atoms with E-state index in [-0.39, 0.29) is 36.1 Å². The molecule has 2 heterocycles. The maximum atomic E-state index is 11.7. The van der Waals surface area contributed by atoms with Crippen LogP contribution in [-0.4, -0.2) is 73.8 Å². The van der Waals surface area contributed by atoms with Crippen molar-refractivity contribution in [1.82, 2.24) is 15.1 Å². The molecule has 2 saturated heterocycles. The van der Waals surface area contributed by atoms with E-state index in [0.29, 0.717) is 25.7 Å². The predicted molar refractivity (Wildman–Crippen MR) is 116 cm³/mol. The highest BCUT2D eigenvalue weighted by atomic mass is 127. The molecule has 26 heavy (non-hydrogen) atoms. The Hall–Kier alpha value is -0.770. The third-order valence-electron chi connectivity index (χ3n) is 5.16. The monoisotopic (exact) mass is 481 g/mol. The number of likely N-dealkylation sites (tertiary alicyclic amines) is 2. The van der Waals surface area contributed by atoms with Gasteiger partial charge in [-0.05, 0) is 64.6 Å². The smallest absolute Gasteiger partial charge is 0.409 e. The molecule has 0 aromatic heterocycles. The highest BCUT2D eigenvalue weighted by Gasteiger charge is 2.23. The lowest BCUT2D eigenvalue weighted by atomic mass is 9.99. The molecule has 2 aliphatic heterocycles. The Morgan fingerprint density at radius 3 is 2.46 bits per heavy atom. The number of piperidine rings is 2. The van der Waals surface area contributed by atoms with Gasteiger partial charge in [-0.1, -0.05) is 6.92 Å². The molecule has 0 aromatic rings. The quantitative estimate of drug-likeness (QED) is 0.263. The van der Waals surface area contributed by atoms with Crippen LogP contribution in [-0.2, 0) is 4.74 Å². The first kappa shape index (κ1) is 23.3. The number of nitrogens with two attached hydrogens (primary N) is 1. The van der Waals surface area contributed by atoms with Gasteiger partial charge in [0.1, 0.15) is 0 Å². The molecule has 0 aliphatic carbocycles. The molecular formula is C18H36IN5O2. The lowest BCUT2D eigenvalue weighted by Gasteiger charge is -2.31. The van der Waals surface area contributed by atoms with Gasteiger partial charge >= 0.3 is 6.09 Å². The number of amides is 1. The van der Waals surface area contributed by atoms with Crippen LogP contribution in [0.15, 0.2) is 4.99 Å². The summed E-state index contributed by atoms with van der Waals surface area (Å²) in [7, 11) is 0. The van der Waals surface area contributed by atoms with Gasteiger partial charge in [0.15, 0.2) is 5.96 Å². The Morgan fingerprint density at radius 1 is 1.19 bits per heavy atom. The Labute approximate surface area is 175 Å². The number of carbonyl (C=O) groups excluding carboxylic acids is 1. The van der Waals surface area contributed by atoms with Gasteiger partial charge in [-0.25, -0.2) is 4.79 Å². The third kappa shape index (κ3) is 8.28. The van der Waals surface area contributed by atoms with Crippen molar-refractivity contribution in [3.05, 3.63) is 0 Å². The molecule has 152 valence electrons. The van der Waals surface area contributed by atoms with Gasteiger partial charge in [0.05, 0.1) is 6.61 Å². The molecule has 0 saturated carbocycles. The SMILES string of the molecule is CCOC(=O)N1CCC(NC(N)=NCCCN2CCC(C)CC2)CC1.I. The molecule has 8 heteroatoms. The summed E-state index contributed by atoms with van der Waals surface area (Å²) in [6.07, 6.45) is 5.23. The maximum absolute atomic E-state index is 11.7. The van der Waals surface area contributed by atoms with Crippen LogP contribution in [0.3, 0.4) is 0 Å². The van der Waals surface area contributed by atoms with Crippen LogP contribution in [0, 0.1) is 5.92 Å². The number of carbonyl (C=O) groups is 1. The number of hydrogen-bond donors (Lipinski definition) is 2. The molecule has 0 atom stereocenters. The first-order valence-corrected chi connectivity index (χ1v) is 9.79. The van der Waals surface area contributed by atoms with Crippen molar-refractivity contribution in [2.24, 2.45) is 16.6 Å². The number of hydrogen-bond acceptors (Lipinski definition) is 4. The minimum absolute atomic E-state index is 0. The van der Waals surface area contributed by atoms with Crippen LogP contribution < -0.4 is 11.1 Å². The van der Waals surface area contributed by atoms with Crippen molar-refractivity contribution >= 4 is 36.0 Å². The van der Waals surface area contributed by atoms with Crippen LogP contribution >= 0.6 is 24.0 Å². The zero-order valence-electron chi connectivity index (χ0n) is 16.3.